The molecule has 1 saturated carbocycles. The molecule has 1 nitrogen and oxygen atoms in total. The van der Waals surface area contributed by atoms with Crippen LogP contribution in [-0.2, 0) is 0 Å². The summed E-state index contributed by atoms with van der Waals surface area (Å²) in [5, 5.41) is 0. The van der Waals surface area contributed by atoms with E-state index in [1.807, 2.05) is 0 Å². The van der Waals surface area contributed by atoms with E-state index >= 15 is 0 Å². The van der Waals surface area contributed by atoms with Gasteiger partial charge in [0.2, 0.25) is 0 Å². The first-order chi connectivity index (χ1) is 5.27. The van der Waals surface area contributed by atoms with Crippen LogP contribution in [0.5, 0.6) is 0 Å². The van der Waals surface area contributed by atoms with Crippen LogP contribution < -0.4 is 5.73 Å². The molecule has 1 aliphatic carbocycles. The zero-order valence-electron chi connectivity index (χ0n) is 7.84. The molecular weight excluding hydrogens is 134 g/mol. The highest BCUT2D eigenvalue weighted by molar-refractivity contribution is 4.81. The number of hydrogen-bond acceptors (Lipinski definition) is 1. The molecule has 0 saturated heterocycles. The number of rotatable bonds is 3. The second kappa shape index (κ2) is 4.10. The predicted molar refractivity (Wildman–Crippen MR) is 49.4 cm³/mol. The number of hydrogen-bond donors (Lipinski definition) is 1. The lowest BCUT2D eigenvalue weighted by Gasteiger charge is -2.16. The lowest BCUT2D eigenvalue weighted by atomic mass is 9.95. The lowest BCUT2D eigenvalue weighted by Crippen LogP contribution is -2.27. The van der Waals surface area contributed by atoms with Crippen LogP contribution in [0.2, 0.25) is 0 Å². The van der Waals surface area contributed by atoms with Crippen LogP contribution in [0.1, 0.15) is 46.0 Å². The van der Waals surface area contributed by atoms with Gasteiger partial charge < -0.3 is 5.73 Å². The molecular formula is C10H21N. The minimum atomic E-state index is 0.478. The van der Waals surface area contributed by atoms with Crippen molar-refractivity contribution in [1.29, 1.82) is 0 Å². The molecule has 0 bridgehead atoms. The van der Waals surface area contributed by atoms with Gasteiger partial charge in [-0.2, -0.15) is 0 Å². The van der Waals surface area contributed by atoms with Crippen molar-refractivity contribution in [1.82, 2.24) is 0 Å². The van der Waals surface area contributed by atoms with Crippen LogP contribution in [0.3, 0.4) is 0 Å². The van der Waals surface area contributed by atoms with E-state index in [-0.39, 0.29) is 0 Å². The van der Waals surface area contributed by atoms with Gasteiger partial charge in [0.05, 0.1) is 0 Å². The molecule has 1 heteroatoms. The summed E-state index contributed by atoms with van der Waals surface area (Å²) < 4.78 is 0. The van der Waals surface area contributed by atoms with Gasteiger partial charge in [-0.1, -0.05) is 26.7 Å². The maximum Gasteiger partial charge on any atom is 0.00646 e. The van der Waals surface area contributed by atoms with E-state index in [4.69, 9.17) is 5.73 Å². The summed E-state index contributed by atoms with van der Waals surface area (Å²) in [6.07, 6.45) is 6.71. The summed E-state index contributed by atoms with van der Waals surface area (Å²) in [4.78, 5) is 0. The molecule has 2 unspecified atom stereocenters. The minimum absolute atomic E-state index is 0.478. The van der Waals surface area contributed by atoms with E-state index in [0.717, 1.165) is 18.3 Å². The second-order valence-electron chi connectivity index (χ2n) is 3.92. The first-order valence-electron chi connectivity index (χ1n) is 5.03. The molecule has 0 aromatic carbocycles. The fraction of sp³-hybridized carbons (Fsp3) is 1.00. The van der Waals surface area contributed by atoms with Crippen LogP contribution in [0.4, 0.5) is 0 Å². The summed E-state index contributed by atoms with van der Waals surface area (Å²) in [5.41, 5.74) is 6.00. The molecule has 0 radical (unpaired) electrons. The Kier molecular flexibility index (Phi) is 3.38. The summed E-state index contributed by atoms with van der Waals surface area (Å²) in [6, 6.07) is 0.478. The lowest BCUT2D eigenvalue weighted by molar-refractivity contribution is 0.399. The molecule has 0 aromatic rings. The Bertz CT molecular complexity index is 111. The van der Waals surface area contributed by atoms with Gasteiger partial charge in [0.15, 0.2) is 0 Å². The minimum Gasteiger partial charge on any atom is -0.327 e. The largest absolute Gasteiger partial charge is 0.327 e. The third-order valence-electron chi connectivity index (χ3n) is 3.24. The molecule has 0 heterocycles. The van der Waals surface area contributed by atoms with Gasteiger partial charge in [-0.3, -0.25) is 0 Å². The number of nitrogens with two attached hydrogens (primary N) is 1. The molecule has 1 fully saturated rings. The molecule has 1 aliphatic rings. The molecule has 66 valence electrons. The summed E-state index contributed by atoms with van der Waals surface area (Å²) in [5.74, 6) is 1.82. The highest BCUT2D eigenvalue weighted by Gasteiger charge is 2.26. The molecule has 2 N–H and O–H groups in total. The van der Waals surface area contributed by atoms with E-state index in [0.29, 0.717) is 6.04 Å². The Balaban J connectivity index is 2.29. The monoisotopic (exact) mass is 155 g/mol. The molecule has 0 aliphatic heterocycles. The highest BCUT2D eigenvalue weighted by Crippen LogP contribution is 2.34. The quantitative estimate of drug-likeness (QED) is 0.666. The summed E-state index contributed by atoms with van der Waals surface area (Å²) >= 11 is 0. The van der Waals surface area contributed by atoms with E-state index in [1.54, 1.807) is 0 Å². The molecule has 3 atom stereocenters. The highest BCUT2D eigenvalue weighted by atomic mass is 14.6. The Morgan fingerprint density at radius 2 is 2.09 bits per heavy atom. The van der Waals surface area contributed by atoms with Crippen LogP contribution in [0, 0.1) is 11.8 Å². The van der Waals surface area contributed by atoms with Gasteiger partial charge in [0.25, 0.3) is 0 Å². The van der Waals surface area contributed by atoms with Crippen molar-refractivity contribution in [2.75, 3.05) is 0 Å². The Labute approximate surface area is 70.4 Å². The van der Waals surface area contributed by atoms with Crippen LogP contribution in [0.15, 0.2) is 0 Å². The fourth-order valence-corrected chi connectivity index (χ4v) is 2.21. The van der Waals surface area contributed by atoms with E-state index in [9.17, 15) is 0 Å². The third-order valence-corrected chi connectivity index (χ3v) is 3.24. The normalized spacial score (nSPS) is 34.1. The Morgan fingerprint density at radius 3 is 2.55 bits per heavy atom. The van der Waals surface area contributed by atoms with Gasteiger partial charge in [-0.15, -0.1) is 0 Å². The van der Waals surface area contributed by atoms with E-state index in [1.165, 1.54) is 25.7 Å². The average Bonchev–Trinajstić information content (AvgIpc) is 2.50. The van der Waals surface area contributed by atoms with Crippen molar-refractivity contribution < 1.29 is 0 Å². The van der Waals surface area contributed by atoms with Crippen LogP contribution in [-0.4, -0.2) is 6.04 Å². The van der Waals surface area contributed by atoms with Crippen molar-refractivity contribution in [3.63, 3.8) is 0 Å². The zero-order chi connectivity index (χ0) is 8.27. The molecule has 0 amide bonds. The molecule has 1 rings (SSSR count). The Morgan fingerprint density at radius 1 is 1.36 bits per heavy atom. The first kappa shape index (κ1) is 9.05. The predicted octanol–water partition coefficient (Wildman–Crippen LogP) is 2.55. The SMILES string of the molecule is CCC1CCC([C@H](N)CC)C1. The van der Waals surface area contributed by atoms with E-state index < -0.39 is 0 Å². The van der Waals surface area contributed by atoms with Crippen molar-refractivity contribution >= 4 is 0 Å². The summed E-state index contributed by atoms with van der Waals surface area (Å²) in [7, 11) is 0. The smallest absolute Gasteiger partial charge is 0.00646 e. The van der Waals surface area contributed by atoms with Gasteiger partial charge in [-0.05, 0) is 31.1 Å². The van der Waals surface area contributed by atoms with Crippen molar-refractivity contribution in [2.45, 2.75) is 52.0 Å². The molecule has 0 spiro atoms. The van der Waals surface area contributed by atoms with Crippen LogP contribution in [0.25, 0.3) is 0 Å². The average molecular weight is 155 g/mol. The van der Waals surface area contributed by atoms with Gasteiger partial charge in [-0.25, -0.2) is 0 Å². The third kappa shape index (κ3) is 2.19. The van der Waals surface area contributed by atoms with Crippen LogP contribution >= 0.6 is 0 Å². The standard InChI is InChI=1S/C10H21N/c1-3-8-5-6-9(7-8)10(11)4-2/h8-10H,3-7,11H2,1-2H3/t8?,9?,10-/m1/s1. The van der Waals surface area contributed by atoms with Gasteiger partial charge in [0.1, 0.15) is 0 Å². The molecule has 0 aromatic heterocycles. The van der Waals surface area contributed by atoms with Gasteiger partial charge >= 0.3 is 0 Å². The molecule has 11 heavy (non-hydrogen) atoms. The second-order valence-corrected chi connectivity index (χ2v) is 3.92. The van der Waals surface area contributed by atoms with E-state index in [2.05, 4.69) is 13.8 Å². The maximum atomic E-state index is 6.00. The van der Waals surface area contributed by atoms with Crippen molar-refractivity contribution in [3.05, 3.63) is 0 Å². The van der Waals surface area contributed by atoms with Gasteiger partial charge in [0, 0.05) is 6.04 Å². The Hall–Kier alpha value is -0.0400. The van der Waals surface area contributed by atoms with Crippen molar-refractivity contribution in [2.24, 2.45) is 17.6 Å². The zero-order valence-corrected chi connectivity index (χ0v) is 7.84. The maximum absolute atomic E-state index is 6.00. The fourth-order valence-electron chi connectivity index (χ4n) is 2.21. The summed E-state index contributed by atoms with van der Waals surface area (Å²) in [6.45, 7) is 4.49. The first-order valence-corrected chi connectivity index (χ1v) is 5.03. The topological polar surface area (TPSA) is 26.0 Å². The van der Waals surface area contributed by atoms with Crippen molar-refractivity contribution in [3.8, 4) is 0 Å².